The van der Waals surface area contributed by atoms with Crippen LogP contribution in [0.1, 0.15) is 49.7 Å². The summed E-state index contributed by atoms with van der Waals surface area (Å²) in [6, 6.07) is 6.79. The van der Waals surface area contributed by atoms with Crippen molar-refractivity contribution in [2.75, 3.05) is 0 Å². The van der Waals surface area contributed by atoms with E-state index < -0.39 is 0 Å². The standard InChI is InChI=1S/C13H17Br/c1-2-10-9-12(14)7-8-13(10)11-5-3-4-6-11/h7-9,11H,2-6H2,1H3. The molecule has 0 amide bonds. The van der Waals surface area contributed by atoms with Crippen LogP contribution in [0, 0.1) is 0 Å². The molecule has 0 atom stereocenters. The molecule has 0 unspecified atom stereocenters. The first kappa shape index (κ1) is 10.2. The molecule has 2 rings (SSSR count). The third-order valence-corrected chi connectivity index (χ3v) is 3.77. The molecule has 0 nitrogen and oxygen atoms in total. The van der Waals surface area contributed by atoms with Crippen LogP contribution in [0.4, 0.5) is 0 Å². The van der Waals surface area contributed by atoms with Crippen LogP contribution in [0.5, 0.6) is 0 Å². The molecule has 1 heteroatoms. The molecule has 1 aliphatic rings. The van der Waals surface area contributed by atoms with Crippen molar-refractivity contribution < 1.29 is 0 Å². The molecule has 1 aliphatic carbocycles. The van der Waals surface area contributed by atoms with E-state index in [9.17, 15) is 0 Å². The maximum atomic E-state index is 3.55. The molecule has 1 saturated carbocycles. The van der Waals surface area contributed by atoms with Gasteiger partial charge in [0.25, 0.3) is 0 Å². The van der Waals surface area contributed by atoms with Gasteiger partial charge in [-0.1, -0.05) is 41.8 Å². The third kappa shape index (κ3) is 2.03. The van der Waals surface area contributed by atoms with E-state index in [1.807, 2.05) is 0 Å². The minimum absolute atomic E-state index is 0.845. The minimum atomic E-state index is 0.845. The molecule has 1 aromatic rings. The predicted octanol–water partition coefficient (Wildman–Crippen LogP) is 4.67. The van der Waals surface area contributed by atoms with E-state index in [1.54, 1.807) is 5.56 Å². The van der Waals surface area contributed by atoms with Gasteiger partial charge in [-0.2, -0.15) is 0 Å². The van der Waals surface area contributed by atoms with Crippen LogP contribution in [0.15, 0.2) is 22.7 Å². The van der Waals surface area contributed by atoms with E-state index in [0.717, 1.165) is 12.3 Å². The van der Waals surface area contributed by atoms with E-state index >= 15 is 0 Å². The Morgan fingerprint density at radius 1 is 1.29 bits per heavy atom. The summed E-state index contributed by atoms with van der Waals surface area (Å²) in [5.41, 5.74) is 3.14. The molecule has 14 heavy (non-hydrogen) atoms. The summed E-state index contributed by atoms with van der Waals surface area (Å²) in [5, 5.41) is 0. The Hall–Kier alpha value is -0.300. The Kier molecular flexibility index (Phi) is 3.27. The zero-order chi connectivity index (χ0) is 9.97. The van der Waals surface area contributed by atoms with Gasteiger partial charge in [0.05, 0.1) is 0 Å². The van der Waals surface area contributed by atoms with Crippen molar-refractivity contribution in [1.29, 1.82) is 0 Å². The van der Waals surface area contributed by atoms with Gasteiger partial charge in [-0.3, -0.25) is 0 Å². The average Bonchev–Trinajstić information content (AvgIpc) is 2.70. The number of aryl methyl sites for hydroxylation is 1. The van der Waals surface area contributed by atoms with Crippen LogP contribution < -0.4 is 0 Å². The Labute approximate surface area is 94.8 Å². The second kappa shape index (κ2) is 4.48. The minimum Gasteiger partial charge on any atom is -0.0613 e. The number of rotatable bonds is 2. The van der Waals surface area contributed by atoms with Crippen LogP contribution in [-0.2, 0) is 6.42 Å². The highest BCUT2D eigenvalue weighted by Gasteiger charge is 2.19. The second-order valence-electron chi connectivity index (χ2n) is 4.18. The Morgan fingerprint density at radius 3 is 2.64 bits per heavy atom. The summed E-state index contributed by atoms with van der Waals surface area (Å²) in [7, 11) is 0. The molecule has 0 radical (unpaired) electrons. The molecule has 0 aliphatic heterocycles. The molecule has 1 aromatic carbocycles. The quantitative estimate of drug-likeness (QED) is 0.718. The molecule has 76 valence electrons. The molecule has 0 bridgehead atoms. The summed E-state index contributed by atoms with van der Waals surface area (Å²) >= 11 is 3.55. The van der Waals surface area contributed by atoms with Gasteiger partial charge < -0.3 is 0 Å². The lowest BCUT2D eigenvalue weighted by Gasteiger charge is -2.14. The Balaban J connectivity index is 2.31. The van der Waals surface area contributed by atoms with Crippen LogP contribution in [-0.4, -0.2) is 0 Å². The SMILES string of the molecule is CCc1cc(Br)ccc1C1CCCC1. The lowest BCUT2D eigenvalue weighted by Crippen LogP contribution is -1.97. The van der Waals surface area contributed by atoms with Gasteiger partial charge in [-0.15, -0.1) is 0 Å². The normalized spacial score (nSPS) is 17.6. The van der Waals surface area contributed by atoms with E-state index in [2.05, 4.69) is 41.1 Å². The third-order valence-electron chi connectivity index (χ3n) is 3.28. The van der Waals surface area contributed by atoms with Crippen molar-refractivity contribution in [3.8, 4) is 0 Å². The molecule has 0 heterocycles. The van der Waals surface area contributed by atoms with Gasteiger partial charge in [0.15, 0.2) is 0 Å². The van der Waals surface area contributed by atoms with Crippen molar-refractivity contribution in [1.82, 2.24) is 0 Å². The molecule has 0 spiro atoms. The number of halogens is 1. The van der Waals surface area contributed by atoms with Crippen molar-refractivity contribution in [2.24, 2.45) is 0 Å². The van der Waals surface area contributed by atoms with Crippen molar-refractivity contribution in [3.05, 3.63) is 33.8 Å². The molecule has 0 N–H and O–H groups in total. The predicted molar refractivity (Wildman–Crippen MR) is 64.7 cm³/mol. The topological polar surface area (TPSA) is 0 Å². The maximum Gasteiger partial charge on any atom is 0.0178 e. The summed E-state index contributed by atoms with van der Waals surface area (Å²) in [6.07, 6.45) is 6.79. The van der Waals surface area contributed by atoms with Gasteiger partial charge in [0, 0.05) is 4.47 Å². The van der Waals surface area contributed by atoms with Gasteiger partial charge in [-0.05, 0) is 48.4 Å². The first-order valence-corrected chi connectivity index (χ1v) is 6.39. The highest BCUT2D eigenvalue weighted by molar-refractivity contribution is 9.10. The van der Waals surface area contributed by atoms with E-state index in [-0.39, 0.29) is 0 Å². The average molecular weight is 253 g/mol. The van der Waals surface area contributed by atoms with Crippen LogP contribution in [0.3, 0.4) is 0 Å². The largest absolute Gasteiger partial charge is 0.0613 e. The fraction of sp³-hybridized carbons (Fsp3) is 0.538. The van der Waals surface area contributed by atoms with Crippen LogP contribution in [0.2, 0.25) is 0 Å². The van der Waals surface area contributed by atoms with E-state index in [0.29, 0.717) is 0 Å². The fourth-order valence-electron chi connectivity index (χ4n) is 2.52. The Bertz CT molecular complexity index is 311. The summed E-state index contributed by atoms with van der Waals surface area (Å²) < 4.78 is 1.22. The van der Waals surface area contributed by atoms with Crippen LogP contribution in [0.25, 0.3) is 0 Å². The van der Waals surface area contributed by atoms with E-state index in [4.69, 9.17) is 0 Å². The smallest absolute Gasteiger partial charge is 0.0178 e. The van der Waals surface area contributed by atoms with Gasteiger partial charge in [0.2, 0.25) is 0 Å². The highest BCUT2D eigenvalue weighted by atomic mass is 79.9. The summed E-state index contributed by atoms with van der Waals surface area (Å²) in [5.74, 6) is 0.845. The zero-order valence-corrected chi connectivity index (χ0v) is 10.3. The molecule has 1 fully saturated rings. The van der Waals surface area contributed by atoms with Crippen LogP contribution >= 0.6 is 15.9 Å². The fourth-order valence-corrected chi connectivity index (χ4v) is 2.92. The molecule has 0 aromatic heterocycles. The second-order valence-corrected chi connectivity index (χ2v) is 5.09. The maximum absolute atomic E-state index is 3.55. The van der Waals surface area contributed by atoms with Gasteiger partial charge in [0.1, 0.15) is 0 Å². The molecule has 0 saturated heterocycles. The number of hydrogen-bond donors (Lipinski definition) is 0. The molecular formula is C13H17Br. The van der Waals surface area contributed by atoms with Crippen molar-refractivity contribution >= 4 is 15.9 Å². The Morgan fingerprint density at radius 2 is 2.00 bits per heavy atom. The van der Waals surface area contributed by atoms with Crippen molar-refractivity contribution in [3.63, 3.8) is 0 Å². The summed E-state index contributed by atoms with van der Waals surface area (Å²) in [4.78, 5) is 0. The highest BCUT2D eigenvalue weighted by Crippen LogP contribution is 2.36. The lowest BCUT2D eigenvalue weighted by atomic mass is 9.92. The zero-order valence-electron chi connectivity index (χ0n) is 8.72. The monoisotopic (exact) mass is 252 g/mol. The number of hydrogen-bond acceptors (Lipinski definition) is 0. The summed E-state index contributed by atoms with van der Waals surface area (Å²) in [6.45, 7) is 2.25. The first-order valence-electron chi connectivity index (χ1n) is 5.59. The van der Waals surface area contributed by atoms with Gasteiger partial charge in [-0.25, -0.2) is 0 Å². The number of benzene rings is 1. The van der Waals surface area contributed by atoms with E-state index in [1.165, 1.54) is 35.7 Å². The lowest BCUT2D eigenvalue weighted by molar-refractivity contribution is 0.713. The first-order chi connectivity index (χ1) is 6.81. The van der Waals surface area contributed by atoms with Gasteiger partial charge >= 0.3 is 0 Å². The molecular weight excluding hydrogens is 236 g/mol. The van der Waals surface area contributed by atoms with Crippen molar-refractivity contribution in [2.45, 2.75) is 44.9 Å².